The van der Waals surface area contributed by atoms with Gasteiger partial charge in [0.1, 0.15) is 0 Å². The van der Waals surface area contributed by atoms with Crippen LogP contribution >= 0.6 is 0 Å². The van der Waals surface area contributed by atoms with Crippen molar-refractivity contribution in [2.24, 2.45) is 11.8 Å². The Bertz CT molecular complexity index is 723. The molecule has 25 heavy (non-hydrogen) atoms. The van der Waals surface area contributed by atoms with E-state index in [0.717, 1.165) is 43.5 Å². The Labute approximate surface area is 149 Å². The zero-order valence-electron chi connectivity index (χ0n) is 15.4. The SMILES string of the molecule is Cc1ccccc1-c1noc(CC2CCCN(C(=O)CC(C)C)C2)n1. The molecule has 0 bridgehead atoms. The highest BCUT2D eigenvalue weighted by molar-refractivity contribution is 5.76. The first-order valence-electron chi connectivity index (χ1n) is 9.19. The van der Waals surface area contributed by atoms with E-state index in [1.54, 1.807) is 0 Å². The van der Waals surface area contributed by atoms with Gasteiger partial charge >= 0.3 is 0 Å². The van der Waals surface area contributed by atoms with E-state index in [0.29, 0.717) is 30.0 Å². The first-order valence-corrected chi connectivity index (χ1v) is 9.19. The number of aromatic nitrogens is 2. The minimum absolute atomic E-state index is 0.269. The van der Waals surface area contributed by atoms with Gasteiger partial charge in [0, 0.05) is 31.5 Å². The number of amides is 1. The normalized spacial score (nSPS) is 17.9. The second-order valence-electron chi connectivity index (χ2n) is 7.48. The van der Waals surface area contributed by atoms with E-state index in [1.165, 1.54) is 0 Å². The molecule has 2 aromatic rings. The standard InChI is InChI=1S/C20H27N3O2/c1-14(2)11-19(24)23-10-6-8-16(13-23)12-18-21-20(22-25-18)17-9-5-4-7-15(17)3/h4-5,7,9,14,16H,6,8,10-13H2,1-3H3. The molecule has 1 unspecified atom stereocenters. The van der Waals surface area contributed by atoms with Crippen molar-refractivity contribution < 1.29 is 9.32 Å². The van der Waals surface area contributed by atoms with Gasteiger partial charge in [0.2, 0.25) is 17.6 Å². The lowest BCUT2D eigenvalue weighted by molar-refractivity contribution is -0.133. The predicted octanol–water partition coefficient (Wildman–Crippen LogP) is 3.87. The quantitative estimate of drug-likeness (QED) is 0.828. The molecule has 0 aliphatic carbocycles. The number of piperidine rings is 1. The summed E-state index contributed by atoms with van der Waals surface area (Å²) in [5.74, 6) is 2.39. The van der Waals surface area contributed by atoms with E-state index in [-0.39, 0.29) is 5.91 Å². The summed E-state index contributed by atoms with van der Waals surface area (Å²) >= 11 is 0. The van der Waals surface area contributed by atoms with Gasteiger partial charge < -0.3 is 9.42 Å². The molecular formula is C20H27N3O2. The van der Waals surface area contributed by atoms with Crippen molar-refractivity contribution in [1.29, 1.82) is 0 Å². The first kappa shape index (κ1) is 17.6. The van der Waals surface area contributed by atoms with Gasteiger partial charge in [-0.05, 0) is 37.2 Å². The molecule has 3 rings (SSSR count). The fourth-order valence-electron chi connectivity index (χ4n) is 3.45. The molecule has 134 valence electrons. The molecular weight excluding hydrogens is 314 g/mol. The maximum absolute atomic E-state index is 12.3. The van der Waals surface area contributed by atoms with E-state index < -0.39 is 0 Å². The molecule has 1 aromatic heterocycles. The third-order valence-corrected chi connectivity index (χ3v) is 4.77. The second kappa shape index (κ2) is 7.81. The van der Waals surface area contributed by atoms with Gasteiger partial charge in [-0.25, -0.2) is 0 Å². The van der Waals surface area contributed by atoms with Crippen LogP contribution in [-0.2, 0) is 11.2 Å². The number of rotatable bonds is 5. The van der Waals surface area contributed by atoms with Crippen LogP contribution in [0.4, 0.5) is 0 Å². The minimum Gasteiger partial charge on any atom is -0.342 e. The van der Waals surface area contributed by atoms with Gasteiger partial charge in [-0.15, -0.1) is 0 Å². The lowest BCUT2D eigenvalue weighted by Crippen LogP contribution is -2.40. The van der Waals surface area contributed by atoms with E-state index in [2.05, 4.69) is 24.0 Å². The van der Waals surface area contributed by atoms with Crippen molar-refractivity contribution in [2.75, 3.05) is 13.1 Å². The van der Waals surface area contributed by atoms with Crippen LogP contribution in [0.25, 0.3) is 11.4 Å². The molecule has 1 aliphatic heterocycles. The summed E-state index contributed by atoms with van der Waals surface area (Å²) in [6.07, 6.45) is 3.52. The fourth-order valence-corrected chi connectivity index (χ4v) is 3.45. The Kier molecular flexibility index (Phi) is 5.51. The molecule has 0 spiro atoms. The van der Waals surface area contributed by atoms with Crippen LogP contribution in [0.1, 0.15) is 44.6 Å². The first-order chi connectivity index (χ1) is 12.0. The molecule has 1 atom stereocenters. The second-order valence-corrected chi connectivity index (χ2v) is 7.48. The van der Waals surface area contributed by atoms with Crippen LogP contribution in [0, 0.1) is 18.8 Å². The maximum Gasteiger partial charge on any atom is 0.227 e. The number of benzene rings is 1. The average molecular weight is 341 g/mol. The Morgan fingerprint density at radius 3 is 2.92 bits per heavy atom. The van der Waals surface area contributed by atoms with E-state index in [1.807, 2.05) is 36.1 Å². The van der Waals surface area contributed by atoms with Crippen molar-refractivity contribution in [1.82, 2.24) is 15.0 Å². The lowest BCUT2D eigenvalue weighted by atomic mass is 9.94. The Morgan fingerprint density at radius 2 is 2.16 bits per heavy atom. The summed E-state index contributed by atoms with van der Waals surface area (Å²) in [5.41, 5.74) is 2.15. The van der Waals surface area contributed by atoms with Gasteiger partial charge in [-0.2, -0.15) is 4.98 Å². The van der Waals surface area contributed by atoms with Crippen LogP contribution in [0.2, 0.25) is 0 Å². The predicted molar refractivity (Wildman–Crippen MR) is 96.9 cm³/mol. The molecule has 1 amide bonds. The van der Waals surface area contributed by atoms with Gasteiger partial charge in [0.25, 0.3) is 0 Å². The van der Waals surface area contributed by atoms with E-state index >= 15 is 0 Å². The minimum atomic E-state index is 0.269. The zero-order valence-corrected chi connectivity index (χ0v) is 15.4. The summed E-state index contributed by atoms with van der Waals surface area (Å²) in [6.45, 7) is 7.90. The third kappa shape index (κ3) is 4.47. The molecule has 1 aromatic carbocycles. The monoisotopic (exact) mass is 341 g/mol. The summed E-state index contributed by atoms with van der Waals surface area (Å²) in [5, 5.41) is 4.14. The summed E-state index contributed by atoms with van der Waals surface area (Å²) in [6, 6.07) is 8.05. The summed E-state index contributed by atoms with van der Waals surface area (Å²) < 4.78 is 5.47. The number of hydrogen-bond donors (Lipinski definition) is 0. The zero-order chi connectivity index (χ0) is 17.8. The highest BCUT2D eigenvalue weighted by Crippen LogP contribution is 2.24. The van der Waals surface area contributed by atoms with Crippen molar-refractivity contribution in [3.63, 3.8) is 0 Å². The largest absolute Gasteiger partial charge is 0.342 e. The van der Waals surface area contributed by atoms with Gasteiger partial charge in [-0.3, -0.25) is 4.79 Å². The molecule has 1 saturated heterocycles. The highest BCUT2D eigenvalue weighted by atomic mass is 16.5. The molecule has 5 nitrogen and oxygen atoms in total. The summed E-state index contributed by atoms with van der Waals surface area (Å²) in [7, 11) is 0. The van der Waals surface area contributed by atoms with Crippen molar-refractivity contribution in [3.8, 4) is 11.4 Å². The molecule has 0 radical (unpaired) electrons. The molecule has 1 fully saturated rings. The number of likely N-dealkylation sites (tertiary alicyclic amines) is 1. The fraction of sp³-hybridized carbons (Fsp3) is 0.550. The Hall–Kier alpha value is -2.17. The number of nitrogens with zero attached hydrogens (tertiary/aromatic N) is 3. The third-order valence-electron chi connectivity index (χ3n) is 4.77. The lowest BCUT2D eigenvalue weighted by Gasteiger charge is -2.32. The maximum atomic E-state index is 12.3. The van der Waals surface area contributed by atoms with Crippen LogP contribution in [0.3, 0.4) is 0 Å². The molecule has 5 heteroatoms. The Balaban J connectivity index is 1.63. The molecule has 0 N–H and O–H groups in total. The highest BCUT2D eigenvalue weighted by Gasteiger charge is 2.25. The van der Waals surface area contributed by atoms with Crippen LogP contribution in [0.15, 0.2) is 28.8 Å². The number of hydrogen-bond acceptors (Lipinski definition) is 4. The Morgan fingerprint density at radius 1 is 1.36 bits per heavy atom. The van der Waals surface area contributed by atoms with Crippen molar-refractivity contribution >= 4 is 5.91 Å². The smallest absolute Gasteiger partial charge is 0.227 e. The number of carbonyl (C=O) groups excluding carboxylic acids is 1. The van der Waals surface area contributed by atoms with Gasteiger partial charge in [0.05, 0.1) is 0 Å². The topological polar surface area (TPSA) is 59.2 Å². The van der Waals surface area contributed by atoms with Crippen LogP contribution < -0.4 is 0 Å². The van der Waals surface area contributed by atoms with E-state index in [4.69, 9.17) is 4.52 Å². The van der Waals surface area contributed by atoms with Crippen molar-refractivity contribution in [3.05, 3.63) is 35.7 Å². The average Bonchev–Trinajstić information content (AvgIpc) is 3.03. The molecule has 0 saturated carbocycles. The van der Waals surface area contributed by atoms with E-state index in [9.17, 15) is 4.79 Å². The molecule has 1 aliphatic rings. The van der Waals surface area contributed by atoms with Crippen molar-refractivity contribution in [2.45, 2.75) is 46.5 Å². The van der Waals surface area contributed by atoms with Crippen LogP contribution in [0.5, 0.6) is 0 Å². The molecule has 2 heterocycles. The van der Waals surface area contributed by atoms with Crippen LogP contribution in [-0.4, -0.2) is 34.0 Å². The van der Waals surface area contributed by atoms with Gasteiger partial charge in [0.15, 0.2) is 0 Å². The van der Waals surface area contributed by atoms with Gasteiger partial charge in [-0.1, -0.05) is 43.3 Å². The summed E-state index contributed by atoms with van der Waals surface area (Å²) in [4.78, 5) is 18.9. The number of carbonyl (C=O) groups is 1. The number of aryl methyl sites for hydroxylation is 1.